The molecule has 7 nitrogen and oxygen atoms in total. The first kappa shape index (κ1) is 21.3. The molecule has 23 heavy (non-hydrogen) atoms. The van der Waals surface area contributed by atoms with E-state index in [-0.39, 0.29) is 0 Å². The van der Waals surface area contributed by atoms with Crippen LogP contribution in [0.25, 0.3) is 0 Å². The first-order chi connectivity index (χ1) is 11.2. The molecule has 0 amide bonds. The molecular formula is C16H30N4O3. The summed E-state index contributed by atoms with van der Waals surface area (Å²) in [5, 5.41) is 10.2. The van der Waals surface area contributed by atoms with Gasteiger partial charge in [0.1, 0.15) is 11.7 Å². The molecule has 0 saturated carbocycles. The van der Waals surface area contributed by atoms with Crippen LogP contribution >= 0.6 is 0 Å². The molecule has 7 heteroatoms. The molecule has 0 bridgehead atoms. The molecule has 0 aromatic rings. The first-order valence-electron chi connectivity index (χ1n) is 7.81. The van der Waals surface area contributed by atoms with Crippen molar-refractivity contribution in [1.82, 2.24) is 5.32 Å². The maximum absolute atomic E-state index is 7.31. The van der Waals surface area contributed by atoms with Gasteiger partial charge in [0.05, 0.1) is 26.4 Å². The number of rotatable bonds is 16. The number of amidine groups is 2. The number of nitrogens with two attached hydrogens (primary N) is 1. The van der Waals surface area contributed by atoms with Crippen LogP contribution in [0.5, 0.6) is 0 Å². The number of ether oxygens (including phenoxy) is 3. The second-order valence-corrected chi connectivity index (χ2v) is 4.60. The predicted molar refractivity (Wildman–Crippen MR) is 94.3 cm³/mol. The zero-order valence-electron chi connectivity index (χ0n) is 13.9. The van der Waals surface area contributed by atoms with Gasteiger partial charge < -0.3 is 25.3 Å². The normalized spacial score (nSPS) is 11.2. The van der Waals surface area contributed by atoms with Crippen molar-refractivity contribution in [1.29, 1.82) is 5.41 Å². The van der Waals surface area contributed by atoms with Crippen molar-refractivity contribution in [3.8, 4) is 0 Å². The third kappa shape index (κ3) is 16.5. The number of hydrogen-bond acceptors (Lipinski definition) is 5. The summed E-state index contributed by atoms with van der Waals surface area (Å²) in [7, 11) is 0. The van der Waals surface area contributed by atoms with E-state index in [1.807, 2.05) is 0 Å². The smallest absolute Gasteiger partial charge is 0.117 e. The second-order valence-electron chi connectivity index (χ2n) is 4.60. The molecule has 0 heterocycles. The van der Waals surface area contributed by atoms with E-state index in [1.54, 1.807) is 0 Å². The van der Waals surface area contributed by atoms with E-state index < -0.39 is 0 Å². The van der Waals surface area contributed by atoms with E-state index in [4.69, 9.17) is 25.4 Å². The summed E-state index contributed by atoms with van der Waals surface area (Å²) in [6.07, 6.45) is 4.67. The van der Waals surface area contributed by atoms with Crippen LogP contribution in [0.3, 0.4) is 0 Å². The van der Waals surface area contributed by atoms with Gasteiger partial charge in [-0.1, -0.05) is 13.2 Å². The lowest BCUT2D eigenvalue weighted by atomic mass is 10.4. The van der Waals surface area contributed by atoms with Gasteiger partial charge in [-0.3, -0.25) is 10.4 Å². The molecule has 0 atom stereocenters. The molecule has 132 valence electrons. The van der Waals surface area contributed by atoms with Crippen molar-refractivity contribution >= 4 is 11.7 Å². The van der Waals surface area contributed by atoms with Crippen LogP contribution in [-0.2, 0) is 14.2 Å². The molecule has 0 aliphatic heterocycles. The van der Waals surface area contributed by atoms with Crippen LogP contribution in [0.15, 0.2) is 30.3 Å². The number of aliphatic imine (C=N–C) groups is 1. The Bertz CT molecular complexity index is 359. The fraction of sp³-hybridized carbons (Fsp3) is 0.625. The van der Waals surface area contributed by atoms with Crippen molar-refractivity contribution in [2.24, 2.45) is 10.7 Å². The maximum Gasteiger partial charge on any atom is 0.117 e. The average molecular weight is 326 g/mol. The molecule has 0 unspecified atom stereocenters. The third-order valence-corrected chi connectivity index (χ3v) is 2.68. The zero-order valence-corrected chi connectivity index (χ0v) is 13.9. The van der Waals surface area contributed by atoms with Gasteiger partial charge in [-0.05, 0) is 25.0 Å². The Morgan fingerprint density at radius 1 is 0.957 bits per heavy atom. The van der Waals surface area contributed by atoms with Gasteiger partial charge >= 0.3 is 0 Å². The summed E-state index contributed by atoms with van der Waals surface area (Å²) < 4.78 is 16.2. The lowest BCUT2D eigenvalue weighted by Gasteiger charge is -2.07. The highest BCUT2D eigenvalue weighted by Gasteiger charge is 1.93. The van der Waals surface area contributed by atoms with Crippen LogP contribution in [0, 0.1) is 5.41 Å². The van der Waals surface area contributed by atoms with Crippen molar-refractivity contribution in [2.75, 3.05) is 52.7 Å². The van der Waals surface area contributed by atoms with E-state index in [0.717, 1.165) is 12.8 Å². The Balaban J connectivity index is 3.12. The molecule has 4 N–H and O–H groups in total. The van der Waals surface area contributed by atoms with E-state index in [9.17, 15) is 0 Å². The lowest BCUT2D eigenvalue weighted by Crippen LogP contribution is -2.22. The van der Waals surface area contributed by atoms with Gasteiger partial charge in [-0.15, -0.1) is 0 Å². The van der Waals surface area contributed by atoms with Crippen LogP contribution < -0.4 is 11.1 Å². The minimum Gasteiger partial charge on any atom is -0.384 e. The Morgan fingerprint density at radius 2 is 1.52 bits per heavy atom. The zero-order chi connectivity index (χ0) is 17.2. The lowest BCUT2D eigenvalue weighted by molar-refractivity contribution is 0.0142. The largest absolute Gasteiger partial charge is 0.384 e. The molecular weight excluding hydrogens is 296 g/mol. The molecule has 0 rings (SSSR count). The second kappa shape index (κ2) is 16.7. The molecule has 0 saturated heterocycles. The van der Waals surface area contributed by atoms with E-state index >= 15 is 0 Å². The first-order valence-corrected chi connectivity index (χ1v) is 7.81. The third-order valence-electron chi connectivity index (χ3n) is 2.68. The topological polar surface area (TPSA) is 102 Å². The Morgan fingerprint density at radius 3 is 2.09 bits per heavy atom. The summed E-state index contributed by atoms with van der Waals surface area (Å²) in [5.41, 5.74) is 5.48. The SMILES string of the molecule is C=CC(=N)NCCCOCCOCCOCCCN=C(N)C=C. The average Bonchev–Trinajstić information content (AvgIpc) is 2.57. The minimum atomic E-state index is 0.337. The number of nitrogens with zero attached hydrogens (tertiary/aromatic N) is 1. The molecule has 0 spiro atoms. The quantitative estimate of drug-likeness (QED) is 0.224. The highest BCUT2D eigenvalue weighted by Crippen LogP contribution is 1.87. The summed E-state index contributed by atoms with van der Waals surface area (Å²) in [5.74, 6) is 0.799. The van der Waals surface area contributed by atoms with Crippen LogP contribution in [0.4, 0.5) is 0 Å². The summed E-state index contributed by atoms with van der Waals surface area (Å²) >= 11 is 0. The Hall–Kier alpha value is -1.70. The number of hydrogen-bond donors (Lipinski definition) is 3. The van der Waals surface area contributed by atoms with Crippen molar-refractivity contribution in [3.05, 3.63) is 25.3 Å². The maximum atomic E-state index is 7.31. The highest BCUT2D eigenvalue weighted by molar-refractivity contribution is 5.90. The van der Waals surface area contributed by atoms with Gasteiger partial charge in [0.25, 0.3) is 0 Å². The molecule has 0 aliphatic carbocycles. The van der Waals surface area contributed by atoms with E-state index in [0.29, 0.717) is 64.4 Å². The van der Waals surface area contributed by atoms with Crippen LogP contribution in [0.2, 0.25) is 0 Å². The molecule has 0 aliphatic rings. The van der Waals surface area contributed by atoms with Crippen LogP contribution in [-0.4, -0.2) is 64.4 Å². The van der Waals surface area contributed by atoms with Crippen molar-refractivity contribution in [2.45, 2.75) is 12.8 Å². The standard InChI is InChI=1S/C16H30N4O3/c1-3-15(17)19-7-5-9-21-11-13-23-14-12-22-10-6-8-20-16(18)4-2/h3-4H,1-2,5-14H2,(H2,17,19)(H2,18,20). The van der Waals surface area contributed by atoms with Gasteiger partial charge in [0, 0.05) is 26.3 Å². The monoisotopic (exact) mass is 326 g/mol. The summed E-state index contributed by atoms with van der Waals surface area (Å²) in [4.78, 5) is 4.07. The van der Waals surface area contributed by atoms with Crippen molar-refractivity contribution < 1.29 is 14.2 Å². The summed E-state index contributed by atoms with van der Waals surface area (Å²) in [6, 6.07) is 0. The minimum absolute atomic E-state index is 0.337. The molecule has 0 radical (unpaired) electrons. The highest BCUT2D eigenvalue weighted by atomic mass is 16.5. The Kier molecular flexibility index (Phi) is 15.4. The van der Waals surface area contributed by atoms with Gasteiger partial charge in [0.2, 0.25) is 0 Å². The van der Waals surface area contributed by atoms with Gasteiger partial charge in [-0.25, -0.2) is 0 Å². The van der Waals surface area contributed by atoms with Gasteiger partial charge in [-0.2, -0.15) is 0 Å². The predicted octanol–water partition coefficient (Wildman–Crippen LogP) is 1.11. The fourth-order valence-corrected chi connectivity index (χ4v) is 1.45. The number of nitrogens with one attached hydrogen (secondary N) is 2. The Labute approximate surface area is 139 Å². The molecule has 0 aromatic carbocycles. The van der Waals surface area contributed by atoms with Crippen LogP contribution in [0.1, 0.15) is 12.8 Å². The van der Waals surface area contributed by atoms with E-state index in [1.165, 1.54) is 12.2 Å². The molecule has 0 aromatic heterocycles. The molecule has 0 fully saturated rings. The van der Waals surface area contributed by atoms with E-state index in [2.05, 4.69) is 23.5 Å². The fourth-order valence-electron chi connectivity index (χ4n) is 1.45. The van der Waals surface area contributed by atoms with Crippen molar-refractivity contribution in [3.63, 3.8) is 0 Å². The summed E-state index contributed by atoms with van der Waals surface area (Å²) in [6.45, 7) is 11.9. The van der Waals surface area contributed by atoms with Gasteiger partial charge in [0.15, 0.2) is 0 Å².